The summed E-state index contributed by atoms with van der Waals surface area (Å²) in [5, 5.41) is 7.28. The van der Waals surface area contributed by atoms with Crippen LogP contribution in [0.5, 0.6) is 5.75 Å². The van der Waals surface area contributed by atoms with Gasteiger partial charge in [-0.15, -0.1) is 11.3 Å². The van der Waals surface area contributed by atoms with Gasteiger partial charge >= 0.3 is 0 Å². The van der Waals surface area contributed by atoms with Crippen LogP contribution in [-0.2, 0) is 11.3 Å². The molecular formula is C17H18N4O3S. The van der Waals surface area contributed by atoms with Crippen molar-refractivity contribution in [1.82, 2.24) is 20.0 Å². The van der Waals surface area contributed by atoms with Gasteiger partial charge in [0.1, 0.15) is 5.75 Å². The fraction of sp³-hybridized carbons (Fsp3) is 0.235. The molecule has 3 aromatic rings. The Morgan fingerprint density at radius 1 is 1.24 bits per heavy atom. The predicted octanol–water partition coefficient (Wildman–Crippen LogP) is 1.84. The molecule has 0 radical (unpaired) electrons. The number of aromatic nitrogens is 2. The number of rotatable bonds is 7. The molecule has 2 N–H and O–H groups in total. The molecule has 0 aliphatic carbocycles. The Kier molecular flexibility index (Phi) is 5.30. The molecule has 25 heavy (non-hydrogen) atoms. The molecule has 0 saturated heterocycles. The first-order valence-electron chi connectivity index (χ1n) is 7.84. The number of hydrogen-bond acceptors (Lipinski definition) is 5. The zero-order valence-electron chi connectivity index (χ0n) is 13.7. The van der Waals surface area contributed by atoms with Gasteiger partial charge in [-0.1, -0.05) is 0 Å². The Balaban J connectivity index is 1.44. The monoisotopic (exact) mass is 358 g/mol. The summed E-state index contributed by atoms with van der Waals surface area (Å²) in [6, 6.07) is 6.78. The van der Waals surface area contributed by atoms with Gasteiger partial charge in [-0.2, -0.15) is 0 Å². The number of fused-ring (bicyclic) bond motifs is 1. The van der Waals surface area contributed by atoms with Crippen LogP contribution in [0.4, 0.5) is 0 Å². The molecule has 7 nitrogen and oxygen atoms in total. The standard InChI is InChI=1S/C17H18N4O3S/c1-2-24-14-5-3-12(4-6-14)16(23)19-10-15(22)18-9-13-11-21-7-8-25-17(21)20-13/h3-8,11H,2,9-10H2,1H3,(H,18,22)(H,19,23). The second kappa shape index (κ2) is 7.80. The van der Waals surface area contributed by atoms with E-state index in [1.54, 1.807) is 24.3 Å². The highest BCUT2D eigenvalue weighted by atomic mass is 32.1. The molecular weight excluding hydrogens is 340 g/mol. The second-order valence-corrected chi connectivity index (χ2v) is 6.11. The molecule has 3 rings (SSSR count). The highest BCUT2D eigenvalue weighted by molar-refractivity contribution is 7.15. The Morgan fingerprint density at radius 2 is 2.04 bits per heavy atom. The second-order valence-electron chi connectivity index (χ2n) is 5.24. The quantitative estimate of drug-likeness (QED) is 0.675. The van der Waals surface area contributed by atoms with Gasteiger partial charge in [0.15, 0.2) is 4.96 Å². The number of benzene rings is 1. The van der Waals surface area contributed by atoms with Crippen molar-refractivity contribution < 1.29 is 14.3 Å². The highest BCUT2D eigenvalue weighted by Crippen LogP contribution is 2.12. The summed E-state index contributed by atoms with van der Waals surface area (Å²) in [6.45, 7) is 2.70. The maximum absolute atomic E-state index is 12.0. The van der Waals surface area contributed by atoms with Crippen LogP contribution >= 0.6 is 11.3 Å². The lowest BCUT2D eigenvalue weighted by Crippen LogP contribution is -2.36. The van der Waals surface area contributed by atoms with Gasteiger partial charge in [0.2, 0.25) is 5.91 Å². The highest BCUT2D eigenvalue weighted by Gasteiger charge is 2.09. The van der Waals surface area contributed by atoms with Crippen molar-refractivity contribution in [2.45, 2.75) is 13.5 Å². The van der Waals surface area contributed by atoms with Crippen LogP contribution in [0.25, 0.3) is 4.96 Å². The average molecular weight is 358 g/mol. The lowest BCUT2D eigenvalue weighted by Gasteiger charge is -2.07. The van der Waals surface area contributed by atoms with Gasteiger partial charge in [-0.3, -0.25) is 14.0 Å². The van der Waals surface area contributed by atoms with Crippen molar-refractivity contribution in [3.8, 4) is 5.75 Å². The zero-order chi connectivity index (χ0) is 17.6. The normalized spacial score (nSPS) is 10.6. The zero-order valence-corrected chi connectivity index (χ0v) is 14.5. The summed E-state index contributed by atoms with van der Waals surface area (Å²) in [5.41, 5.74) is 1.25. The summed E-state index contributed by atoms with van der Waals surface area (Å²) in [6.07, 6.45) is 3.78. The van der Waals surface area contributed by atoms with Crippen LogP contribution in [0.15, 0.2) is 42.0 Å². The molecule has 2 heterocycles. The molecule has 0 atom stereocenters. The van der Waals surface area contributed by atoms with Crippen molar-refractivity contribution in [3.05, 3.63) is 53.3 Å². The number of amides is 2. The first-order chi connectivity index (χ1) is 12.2. The van der Waals surface area contributed by atoms with Crippen LogP contribution < -0.4 is 15.4 Å². The van der Waals surface area contributed by atoms with E-state index in [4.69, 9.17) is 4.74 Å². The van der Waals surface area contributed by atoms with Crippen molar-refractivity contribution in [2.75, 3.05) is 13.2 Å². The minimum absolute atomic E-state index is 0.0890. The smallest absolute Gasteiger partial charge is 0.251 e. The first-order valence-corrected chi connectivity index (χ1v) is 8.72. The van der Waals surface area contributed by atoms with E-state index in [0.717, 1.165) is 10.7 Å². The third-order valence-electron chi connectivity index (χ3n) is 3.45. The van der Waals surface area contributed by atoms with Gasteiger partial charge in [-0.25, -0.2) is 4.98 Å². The number of ether oxygens (including phenoxy) is 1. The maximum atomic E-state index is 12.0. The van der Waals surface area contributed by atoms with Crippen LogP contribution in [0.3, 0.4) is 0 Å². The summed E-state index contributed by atoms with van der Waals surface area (Å²) in [4.78, 5) is 29.2. The van der Waals surface area contributed by atoms with E-state index < -0.39 is 0 Å². The van der Waals surface area contributed by atoms with Gasteiger partial charge < -0.3 is 15.4 Å². The molecule has 2 aromatic heterocycles. The van der Waals surface area contributed by atoms with Crippen molar-refractivity contribution in [1.29, 1.82) is 0 Å². The van der Waals surface area contributed by atoms with E-state index in [-0.39, 0.29) is 18.4 Å². The number of thiazole rings is 1. The maximum Gasteiger partial charge on any atom is 0.251 e. The predicted molar refractivity (Wildman–Crippen MR) is 94.9 cm³/mol. The number of carbonyl (C=O) groups is 2. The lowest BCUT2D eigenvalue weighted by atomic mass is 10.2. The Morgan fingerprint density at radius 3 is 2.76 bits per heavy atom. The topological polar surface area (TPSA) is 84.7 Å². The van der Waals surface area contributed by atoms with Crippen molar-refractivity contribution >= 4 is 28.1 Å². The summed E-state index contributed by atoms with van der Waals surface area (Å²) in [5.74, 6) is 0.133. The molecule has 0 unspecified atom stereocenters. The molecule has 0 fully saturated rings. The van der Waals surface area contributed by atoms with E-state index in [2.05, 4.69) is 15.6 Å². The minimum Gasteiger partial charge on any atom is -0.494 e. The van der Waals surface area contributed by atoms with Crippen molar-refractivity contribution in [3.63, 3.8) is 0 Å². The van der Waals surface area contributed by atoms with Crippen LogP contribution in [-0.4, -0.2) is 34.4 Å². The van der Waals surface area contributed by atoms with Gasteiger partial charge in [0.05, 0.1) is 25.4 Å². The van der Waals surface area contributed by atoms with Gasteiger partial charge in [-0.05, 0) is 31.2 Å². The summed E-state index contributed by atoms with van der Waals surface area (Å²) >= 11 is 1.53. The van der Waals surface area contributed by atoms with Gasteiger partial charge in [0, 0.05) is 23.3 Å². The Bertz CT molecular complexity index is 841. The molecule has 0 aliphatic rings. The lowest BCUT2D eigenvalue weighted by molar-refractivity contribution is -0.120. The SMILES string of the molecule is CCOc1ccc(C(=O)NCC(=O)NCc2cn3ccsc3n2)cc1. The molecule has 0 bridgehead atoms. The largest absolute Gasteiger partial charge is 0.494 e. The Hall–Kier alpha value is -2.87. The summed E-state index contributed by atoms with van der Waals surface area (Å²) < 4.78 is 7.23. The van der Waals surface area contributed by atoms with E-state index in [0.29, 0.717) is 24.5 Å². The van der Waals surface area contributed by atoms with Crippen LogP contribution in [0, 0.1) is 0 Å². The Labute approximate surface area is 148 Å². The van der Waals surface area contributed by atoms with E-state index in [1.165, 1.54) is 11.3 Å². The third kappa shape index (κ3) is 4.36. The van der Waals surface area contributed by atoms with E-state index in [1.807, 2.05) is 29.1 Å². The molecule has 0 aliphatic heterocycles. The number of nitrogens with one attached hydrogen (secondary N) is 2. The molecule has 1 aromatic carbocycles. The molecule has 8 heteroatoms. The van der Waals surface area contributed by atoms with E-state index >= 15 is 0 Å². The fourth-order valence-corrected chi connectivity index (χ4v) is 2.96. The first kappa shape index (κ1) is 17.0. The molecule has 0 saturated carbocycles. The molecule has 0 spiro atoms. The number of hydrogen-bond donors (Lipinski definition) is 2. The van der Waals surface area contributed by atoms with Gasteiger partial charge in [0.25, 0.3) is 5.91 Å². The van der Waals surface area contributed by atoms with Crippen LogP contribution in [0.1, 0.15) is 23.0 Å². The molecule has 130 valence electrons. The third-order valence-corrected chi connectivity index (χ3v) is 4.22. The van der Waals surface area contributed by atoms with Crippen LogP contribution in [0.2, 0.25) is 0 Å². The number of nitrogens with zero attached hydrogens (tertiary/aromatic N) is 2. The average Bonchev–Trinajstić information content (AvgIpc) is 3.20. The number of imidazole rings is 1. The van der Waals surface area contributed by atoms with E-state index in [9.17, 15) is 9.59 Å². The number of carbonyl (C=O) groups excluding carboxylic acids is 2. The fourth-order valence-electron chi connectivity index (χ4n) is 2.24. The molecule has 2 amide bonds. The minimum atomic E-state index is -0.305. The summed E-state index contributed by atoms with van der Waals surface area (Å²) in [7, 11) is 0. The van der Waals surface area contributed by atoms with Crippen molar-refractivity contribution in [2.24, 2.45) is 0 Å².